The van der Waals surface area contributed by atoms with Crippen LogP contribution in [0, 0.1) is 13.8 Å². The molecule has 112 valence electrons. The lowest BCUT2D eigenvalue weighted by molar-refractivity contribution is 0.117. The predicted octanol–water partition coefficient (Wildman–Crippen LogP) is 5.51. The first-order chi connectivity index (χ1) is 10.2. The van der Waals surface area contributed by atoms with Gasteiger partial charge in [0.15, 0.2) is 0 Å². The van der Waals surface area contributed by atoms with Crippen molar-refractivity contribution in [3.8, 4) is 11.5 Å². The van der Waals surface area contributed by atoms with Gasteiger partial charge in [-0.2, -0.15) is 0 Å². The second-order valence-electron chi connectivity index (χ2n) is 4.80. The van der Waals surface area contributed by atoms with Crippen LogP contribution in [0.2, 0.25) is 0 Å². The third-order valence-electron chi connectivity index (χ3n) is 3.28. The molecule has 0 radical (unpaired) electrons. The minimum absolute atomic E-state index is 0.204. The van der Waals surface area contributed by atoms with Crippen molar-refractivity contribution >= 4 is 31.9 Å². The Morgan fingerprint density at radius 2 is 1.19 bits per heavy atom. The Bertz CT molecular complexity index is 558. The van der Waals surface area contributed by atoms with Gasteiger partial charge in [0.1, 0.15) is 11.5 Å². The molecule has 0 aromatic heterocycles. The Hall–Kier alpha value is -1.000. The maximum atomic E-state index is 5.85. The fourth-order valence-corrected chi connectivity index (χ4v) is 3.08. The minimum atomic E-state index is 0.204. The van der Waals surface area contributed by atoms with Crippen molar-refractivity contribution in [2.75, 3.05) is 6.79 Å². The average Bonchev–Trinajstić information content (AvgIpc) is 2.50. The minimum Gasteiger partial charge on any atom is -0.457 e. The Morgan fingerprint density at radius 3 is 1.57 bits per heavy atom. The molecule has 2 aromatic carbocycles. The van der Waals surface area contributed by atoms with Crippen LogP contribution in [0.3, 0.4) is 0 Å². The van der Waals surface area contributed by atoms with Crippen LogP contribution in [0.5, 0.6) is 11.5 Å². The van der Waals surface area contributed by atoms with Crippen LogP contribution in [-0.4, -0.2) is 6.79 Å². The number of benzene rings is 2. The van der Waals surface area contributed by atoms with Gasteiger partial charge in [-0.1, -0.05) is 68.3 Å². The average molecular weight is 414 g/mol. The number of halogens is 2. The van der Waals surface area contributed by atoms with E-state index in [2.05, 4.69) is 44.0 Å². The lowest BCUT2D eigenvalue weighted by atomic mass is 10.1. The Balaban J connectivity index is 2.09. The first kappa shape index (κ1) is 16.4. The maximum Gasteiger partial charge on any atom is 0.230 e. The highest BCUT2D eigenvalue weighted by Crippen LogP contribution is 2.28. The molecule has 2 rings (SSSR count). The van der Waals surface area contributed by atoms with Gasteiger partial charge in [-0.15, -0.1) is 0 Å². The molecule has 0 unspecified atom stereocenters. The zero-order valence-corrected chi connectivity index (χ0v) is 15.3. The Kier molecular flexibility index (Phi) is 6.12. The van der Waals surface area contributed by atoms with Gasteiger partial charge in [0, 0.05) is 21.8 Å². The Morgan fingerprint density at radius 1 is 0.762 bits per heavy atom. The van der Waals surface area contributed by atoms with Gasteiger partial charge in [-0.05, 0) is 25.0 Å². The van der Waals surface area contributed by atoms with E-state index in [0.29, 0.717) is 0 Å². The SMILES string of the molecule is Cc1cccc(CBr)c1OCOc1c(C)cccc1CBr. The molecule has 0 amide bonds. The second kappa shape index (κ2) is 7.85. The molecule has 4 heteroatoms. The molecule has 0 aliphatic rings. The highest BCUT2D eigenvalue weighted by molar-refractivity contribution is 9.08. The summed E-state index contributed by atoms with van der Waals surface area (Å²) in [6.07, 6.45) is 0. The van der Waals surface area contributed by atoms with Gasteiger partial charge in [0.2, 0.25) is 6.79 Å². The topological polar surface area (TPSA) is 18.5 Å². The van der Waals surface area contributed by atoms with Crippen molar-refractivity contribution in [2.45, 2.75) is 24.5 Å². The van der Waals surface area contributed by atoms with E-state index in [9.17, 15) is 0 Å². The third-order valence-corrected chi connectivity index (χ3v) is 4.49. The van der Waals surface area contributed by atoms with Gasteiger partial charge in [0.25, 0.3) is 0 Å². The first-order valence-corrected chi connectivity index (χ1v) is 8.96. The molecule has 0 N–H and O–H groups in total. The van der Waals surface area contributed by atoms with E-state index in [1.165, 1.54) is 0 Å². The van der Waals surface area contributed by atoms with Crippen molar-refractivity contribution in [1.29, 1.82) is 0 Å². The number of aryl methyl sites for hydroxylation is 2. The fourth-order valence-electron chi connectivity index (χ4n) is 2.20. The van der Waals surface area contributed by atoms with Crippen molar-refractivity contribution < 1.29 is 9.47 Å². The zero-order valence-electron chi connectivity index (χ0n) is 12.2. The van der Waals surface area contributed by atoms with E-state index in [-0.39, 0.29) is 6.79 Å². The second-order valence-corrected chi connectivity index (χ2v) is 5.92. The van der Waals surface area contributed by atoms with Gasteiger partial charge in [-0.3, -0.25) is 0 Å². The predicted molar refractivity (Wildman–Crippen MR) is 93.7 cm³/mol. The summed E-state index contributed by atoms with van der Waals surface area (Å²) in [4.78, 5) is 0. The standard InChI is InChI=1S/C17H18Br2O2/c1-12-5-3-7-14(9-18)16(12)20-11-21-17-13(2)6-4-8-15(17)10-19/h3-8H,9-11H2,1-2H3. The number of hydrogen-bond acceptors (Lipinski definition) is 2. The third kappa shape index (κ3) is 4.01. The van der Waals surface area contributed by atoms with Crippen LogP contribution in [0.25, 0.3) is 0 Å². The first-order valence-electron chi connectivity index (χ1n) is 6.72. The van der Waals surface area contributed by atoms with Crippen LogP contribution in [0.1, 0.15) is 22.3 Å². The monoisotopic (exact) mass is 412 g/mol. The molecule has 2 aromatic rings. The highest BCUT2D eigenvalue weighted by Gasteiger charge is 2.09. The van der Waals surface area contributed by atoms with E-state index < -0.39 is 0 Å². The summed E-state index contributed by atoms with van der Waals surface area (Å²) < 4.78 is 11.7. The van der Waals surface area contributed by atoms with Gasteiger partial charge in [0.05, 0.1) is 0 Å². The number of ether oxygens (including phenoxy) is 2. The number of para-hydroxylation sites is 2. The number of alkyl halides is 2. The molecule has 0 saturated heterocycles. The Labute approximate surface area is 142 Å². The van der Waals surface area contributed by atoms with Gasteiger partial charge >= 0.3 is 0 Å². The van der Waals surface area contributed by atoms with Crippen molar-refractivity contribution in [1.82, 2.24) is 0 Å². The van der Waals surface area contributed by atoms with Gasteiger partial charge < -0.3 is 9.47 Å². The zero-order chi connectivity index (χ0) is 15.2. The maximum absolute atomic E-state index is 5.85. The summed E-state index contributed by atoms with van der Waals surface area (Å²) in [5, 5.41) is 1.53. The van der Waals surface area contributed by atoms with Crippen LogP contribution >= 0.6 is 31.9 Å². The van der Waals surface area contributed by atoms with E-state index in [4.69, 9.17) is 9.47 Å². The summed E-state index contributed by atoms with van der Waals surface area (Å²) in [5.41, 5.74) is 4.48. The van der Waals surface area contributed by atoms with E-state index in [1.807, 2.05) is 38.1 Å². The van der Waals surface area contributed by atoms with Crippen LogP contribution < -0.4 is 9.47 Å². The molecular formula is C17H18Br2O2. The molecule has 0 atom stereocenters. The molecule has 0 fully saturated rings. The molecule has 0 bridgehead atoms. The van der Waals surface area contributed by atoms with E-state index >= 15 is 0 Å². The normalized spacial score (nSPS) is 10.5. The number of rotatable bonds is 6. The van der Waals surface area contributed by atoms with Crippen molar-refractivity contribution in [3.05, 3.63) is 58.7 Å². The lowest BCUT2D eigenvalue weighted by Gasteiger charge is -2.16. The highest BCUT2D eigenvalue weighted by atomic mass is 79.9. The smallest absolute Gasteiger partial charge is 0.230 e. The molecule has 0 spiro atoms. The van der Waals surface area contributed by atoms with Crippen LogP contribution in [-0.2, 0) is 10.7 Å². The summed E-state index contributed by atoms with van der Waals surface area (Å²) in [6, 6.07) is 12.2. The van der Waals surface area contributed by atoms with Crippen LogP contribution in [0.4, 0.5) is 0 Å². The van der Waals surface area contributed by atoms with Crippen molar-refractivity contribution in [3.63, 3.8) is 0 Å². The molecular weight excluding hydrogens is 396 g/mol. The van der Waals surface area contributed by atoms with E-state index in [0.717, 1.165) is 44.4 Å². The quantitative estimate of drug-likeness (QED) is 0.459. The summed E-state index contributed by atoms with van der Waals surface area (Å²) in [6.45, 7) is 4.29. The van der Waals surface area contributed by atoms with Crippen LogP contribution in [0.15, 0.2) is 36.4 Å². The molecule has 0 saturated carbocycles. The fraction of sp³-hybridized carbons (Fsp3) is 0.294. The molecule has 0 heterocycles. The largest absolute Gasteiger partial charge is 0.457 e. The molecule has 21 heavy (non-hydrogen) atoms. The summed E-state index contributed by atoms with van der Waals surface area (Å²) >= 11 is 6.97. The van der Waals surface area contributed by atoms with Crippen molar-refractivity contribution in [2.24, 2.45) is 0 Å². The summed E-state index contributed by atoms with van der Waals surface area (Å²) in [7, 11) is 0. The van der Waals surface area contributed by atoms with Gasteiger partial charge in [-0.25, -0.2) is 0 Å². The molecule has 0 aliphatic carbocycles. The summed E-state index contributed by atoms with van der Waals surface area (Å²) in [5.74, 6) is 1.78. The molecule has 2 nitrogen and oxygen atoms in total. The lowest BCUT2D eigenvalue weighted by Crippen LogP contribution is -2.09. The van der Waals surface area contributed by atoms with E-state index in [1.54, 1.807) is 0 Å². The number of hydrogen-bond donors (Lipinski definition) is 0. The molecule has 0 aliphatic heterocycles.